The molecule has 1 heterocycles. The van der Waals surface area contributed by atoms with Crippen molar-refractivity contribution in [2.24, 2.45) is 0 Å². The maximum absolute atomic E-state index is 11.8. The van der Waals surface area contributed by atoms with Gasteiger partial charge in [-0.25, -0.2) is 4.79 Å². The third-order valence-electron chi connectivity index (χ3n) is 4.31. The quantitative estimate of drug-likeness (QED) is 0.423. The van der Waals surface area contributed by atoms with Crippen LogP contribution in [0.1, 0.15) is 38.1 Å². The molecule has 1 fully saturated rings. The number of para-hydroxylation sites is 1. The van der Waals surface area contributed by atoms with Gasteiger partial charge in [0.2, 0.25) is 12.4 Å². The normalized spacial score (nSPS) is 24.2. The van der Waals surface area contributed by atoms with E-state index in [2.05, 4.69) is 0 Å². The van der Waals surface area contributed by atoms with Gasteiger partial charge in [0, 0.05) is 27.7 Å². The summed E-state index contributed by atoms with van der Waals surface area (Å²) in [5, 5.41) is 9.43. The topological polar surface area (TPSA) is 161 Å². The van der Waals surface area contributed by atoms with Gasteiger partial charge >= 0.3 is 29.8 Å². The van der Waals surface area contributed by atoms with Gasteiger partial charge in [0.15, 0.2) is 12.2 Å². The van der Waals surface area contributed by atoms with Crippen LogP contribution >= 0.6 is 0 Å². The van der Waals surface area contributed by atoms with Gasteiger partial charge < -0.3 is 33.5 Å². The first kappa shape index (κ1) is 25.6. The largest absolute Gasteiger partial charge is 0.478 e. The lowest BCUT2D eigenvalue weighted by molar-refractivity contribution is -0.288. The molecule has 12 heteroatoms. The number of aromatic carboxylic acids is 1. The van der Waals surface area contributed by atoms with Gasteiger partial charge in [-0.05, 0) is 12.1 Å². The number of hydrogen-bond donors (Lipinski definition) is 1. The van der Waals surface area contributed by atoms with E-state index in [0.29, 0.717) is 0 Å². The van der Waals surface area contributed by atoms with Crippen molar-refractivity contribution in [2.45, 2.75) is 58.4 Å². The molecule has 1 saturated heterocycles. The number of rotatable bonds is 8. The lowest BCUT2D eigenvalue weighted by Crippen LogP contribution is -2.63. The van der Waals surface area contributed by atoms with E-state index in [-0.39, 0.29) is 11.3 Å². The van der Waals surface area contributed by atoms with Gasteiger partial charge in [-0.15, -0.1) is 0 Å². The predicted octanol–water partition coefficient (Wildman–Crippen LogP) is 0.847. The second-order valence-electron chi connectivity index (χ2n) is 6.99. The molecule has 0 radical (unpaired) electrons. The molecule has 12 nitrogen and oxygen atoms in total. The molecule has 180 valence electrons. The smallest absolute Gasteiger partial charge is 0.339 e. The second kappa shape index (κ2) is 11.3. The highest BCUT2D eigenvalue weighted by atomic mass is 16.7. The van der Waals surface area contributed by atoms with Crippen LogP contribution in [0.2, 0.25) is 0 Å². The third kappa shape index (κ3) is 7.17. The Morgan fingerprint density at radius 1 is 0.818 bits per heavy atom. The highest BCUT2D eigenvalue weighted by Crippen LogP contribution is 2.32. The summed E-state index contributed by atoms with van der Waals surface area (Å²) < 4.78 is 32.3. The highest BCUT2D eigenvalue weighted by molar-refractivity contribution is 5.90. The summed E-state index contributed by atoms with van der Waals surface area (Å²) in [6.07, 6.45) is -6.97. The van der Waals surface area contributed by atoms with Crippen LogP contribution in [0.15, 0.2) is 24.3 Å². The Morgan fingerprint density at radius 3 is 1.91 bits per heavy atom. The number of ether oxygens (including phenoxy) is 6. The lowest BCUT2D eigenvalue weighted by atomic mass is 9.98. The Bertz CT molecular complexity index is 910. The van der Waals surface area contributed by atoms with Crippen LogP contribution in [0.3, 0.4) is 0 Å². The molecular formula is C21H24O12. The monoisotopic (exact) mass is 468 g/mol. The molecule has 0 aliphatic carbocycles. The maximum atomic E-state index is 11.8. The molecule has 1 aliphatic heterocycles. The van der Waals surface area contributed by atoms with E-state index in [0.717, 1.165) is 27.7 Å². The van der Waals surface area contributed by atoms with Crippen molar-refractivity contribution in [3.63, 3.8) is 0 Å². The van der Waals surface area contributed by atoms with E-state index in [4.69, 9.17) is 28.4 Å². The first-order chi connectivity index (χ1) is 15.5. The third-order valence-corrected chi connectivity index (χ3v) is 4.31. The van der Waals surface area contributed by atoms with E-state index < -0.39 is 67.2 Å². The number of carboxylic acids is 1. The molecule has 5 atom stereocenters. The molecule has 0 amide bonds. The maximum Gasteiger partial charge on any atom is 0.339 e. The zero-order valence-corrected chi connectivity index (χ0v) is 18.3. The van der Waals surface area contributed by atoms with Crippen LogP contribution in [0.5, 0.6) is 5.75 Å². The second-order valence-corrected chi connectivity index (χ2v) is 6.99. The zero-order valence-electron chi connectivity index (χ0n) is 18.3. The van der Waals surface area contributed by atoms with E-state index >= 15 is 0 Å². The molecule has 1 aliphatic rings. The molecule has 0 aromatic heterocycles. The molecule has 2 rings (SSSR count). The molecule has 1 N–H and O–H groups in total. The molecule has 0 unspecified atom stereocenters. The predicted molar refractivity (Wildman–Crippen MR) is 106 cm³/mol. The number of carboxylic acid groups (broad SMARTS) is 1. The van der Waals surface area contributed by atoms with Gasteiger partial charge in [0.05, 0.1) is 0 Å². The number of esters is 4. The number of hydrogen-bond acceptors (Lipinski definition) is 11. The van der Waals surface area contributed by atoms with Crippen LogP contribution in [-0.4, -0.2) is 72.3 Å². The summed E-state index contributed by atoms with van der Waals surface area (Å²) in [6, 6.07) is 5.61. The molecule has 0 spiro atoms. The molecule has 0 bridgehead atoms. The Kier molecular flexibility index (Phi) is 8.74. The first-order valence-electron chi connectivity index (χ1n) is 9.79. The molecule has 1 aromatic rings. The Labute approximate surface area is 188 Å². The summed E-state index contributed by atoms with van der Waals surface area (Å²) in [7, 11) is 0. The van der Waals surface area contributed by atoms with Crippen molar-refractivity contribution in [3.05, 3.63) is 29.8 Å². The van der Waals surface area contributed by atoms with Crippen molar-refractivity contribution in [1.82, 2.24) is 0 Å². The summed E-state index contributed by atoms with van der Waals surface area (Å²) >= 11 is 0. The highest BCUT2D eigenvalue weighted by Gasteiger charge is 2.53. The van der Waals surface area contributed by atoms with Crippen LogP contribution < -0.4 is 4.74 Å². The van der Waals surface area contributed by atoms with E-state index in [1.807, 2.05) is 0 Å². The molecule has 1 aromatic carbocycles. The summed E-state index contributed by atoms with van der Waals surface area (Å²) in [5.41, 5.74) is -0.217. The summed E-state index contributed by atoms with van der Waals surface area (Å²) in [6.45, 7) is 3.98. The lowest BCUT2D eigenvalue weighted by Gasteiger charge is -2.44. The van der Waals surface area contributed by atoms with Crippen LogP contribution in [0.4, 0.5) is 0 Å². The fourth-order valence-corrected chi connectivity index (χ4v) is 3.15. The van der Waals surface area contributed by atoms with Crippen molar-refractivity contribution in [1.29, 1.82) is 0 Å². The van der Waals surface area contributed by atoms with Crippen LogP contribution in [0, 0.1) is 0 Å². The van der Waals surface area contributed by atoms with Gasteiger partial charge in [-0.3, -0.25) is 19.2 Å². The van der Waals surface area contributed by atoms with Crippen LogP contribution in [0.25, 0.3) is 0 Å². The molecule has 33 heavy (non-hydrogen) atoms. The number of benzene rings is 1. The zero-order chi connectivity index (χ0) is 24.7. The van der Waals surface area contributed by atoms with Crippen molar-refractivity contribution in [3.8, 4) is 5.75 Å². The molecular weight excluding hydrogens is 444 g/mol. The van der Waals surface area contributed by atoms with Gasteiger partial charge in [-0.1, -0.05) is 12.1 Å². The van der Waals surface area contributed by atoms with Crippen molar-refractivity contribution >= 4 is 29.8 Å². The van der Waals surface area contributed by atoms with E-state index in [1.54, 1.807) is 0 Å². The Hall–Kier alpha value is -3.67. The fraction of sp³-hybridized carbons (Fsp3) is 0.476. The fourth-order valence-electron chi connectivity index (χ4n) is 3.15. The number of carbonyl (C=O) groups is 5. The summed E-state index contributed by atoms with van der Waals surface area (Å²) in [5.74, 6) is -4.47. The standard InChI is InChI=1S/C21H24O12/c1-10(22)28-9-16-17(29-11(2)23)18(30-12(3)24)19(31-13(4)25)21(33-16)32-15-8-6-5-7-14(15)20(26)27/h5-8,16-19,21H,9H2,1-4H3,(H,26,27)/t16-,17-,18+,19-,21-/m1/s1. The summed E-state index contributed by atoms with van der Waals surface area (Å²) in [4.78, 5) is 58.2. The van der Waals surface area contributed by atoms with Gasteiger partial charge in [-0.2, -0.15) is 0 Å². The van der Waals surface area contributed by atoms with E-state index in [1.165, 1.54) is 24.3 Å². The van der Waals surface area contributed by atoms with Crippen molar-refractivity contribution in [2.75, 3.05) is 6.61 Å². The van der Waals surface area contributed by atoms with E-state index in [9.17, 15) is 29.1 Å². The van der Waals surface area contributed by atoms with Gasteiger partial charge in [0.25, 0.3) is 0 Å². The average molecular weight is 468 g/mol. The minimum atomic E-state index is -1.52. The van der Waals surface area contributed by atoms with Crippen LogP contribution in [-0.2, 0) is 42.9 Å². The Morgan fingerprint density at radius 2 is 1.36 bits per heavy atom. The minimum Gasteiger partial charge on any atom is -0.478 e. The molecule has 0 saturated carbocycles. The van der Waals surface area contributed by atoms with Crippen molar-refractivity contribution < 1.29 is 57.5 Å². The Balaban J connectivity index is 2.51. The van der Waals surface area contributed by atoms with Gasteiger partial charge in [0.1, 0.15) is 24.0 Å². The average Bonchev–Trinajstić information content (AvgIpc) is 2.70. The first-order valence-corrected chi connectivity index (χ1v) is 9.79. The SMILES string of the molecule is CC(=O)OC[C@H]1O[C@@H](Oc2ccccc2C(=O)O)[C@H](OC(C)=O)[C@@H](OC(C)=O)[C@@H]1OC(C)=O. The number of carbonyl (C=O) groups excluding carboxylic acids is 4. The minimum absolute atomic E-state index is 0.133.